The highest BCUT2D eigenvalue weighted by Crippen LogP contribution is 2.33. The second kappa shape index (κ2) is 6.28. The van der Waals surface area contributed by atoms with Gasteiger partial charge >= 0.3 is 0 Å². The van der Waals surface area contributed by atoms with Gasteiger partial charge in [0.15, 0.2) is 0 Å². The van der Waals surface area contributed by atoms with Crippen LogP contribution in [0.2, 0.25) is 0 Å². The molecule has 0 aliphatic heterocycles. The quantitative estimate of drug-likeness (QED) is 0.679. The van der Waals surface area contributed by atoms with Crippen molar-refractivity contribution in [2.24, 2.45) is 12.8 Å². The maximum absolute atomic E-state index is 5.93. The van der Waals surface area contributed by atoms with Gasteiger partial charge in [-0.15, -0.1) is 11.8 Å². The van der Waals surface area contributed by atoms with Gasteiger partial charge in [-0.3, -0.25) is 0 Å². The van der Waals surface area contributed by atoms with Crippen molar-refractivity contribution in [3.05, 3.63) is 35.5 Å². The highest BCUT2D eigenvalue weighted by Gasteiger charge is 2.14. The molecule has 2 rings (SSSR count). The van der Waals surface area contributed by atoms with Gasteiger partial charge in [-0.1, -0.05) is 25.2 Å². The zero-order valence-electron chi connectivity index (χ0n) is 11.7. The number of benzene rings is 1. The van der Waals surface area contributed by atoms with Crippen molar-refractivity contribution >= 4 is 29.0 Å². The van der Waals surface area contributed by atoms with Crippen molar-refractivity contribution in [1.29, 1.82) is 0 Å². The third-order valence-corrected chi connectivity index (χ3v) is 3.85. The highest BCUT2D eigenvalue weighted by atomic mass is 32.2. The minimum atomic E-state index is 0.343. The van der Waals surface area contributed by atoms with Gasteiger partial charge in [0.2, 0.25) is 5.88 Å². The molecule has 1 heterocycles. The Morgan fingerprint density at radius 1 is 1.50 bits per heavy atom. The zero-order chi connectivity index (χ0) is 14.7. The molecule has 0 amide bonds. The molecule has 20 heavy (non-hydrogen) atoms. The Balaban J connectivity index is 2.43. The third-order valence-electron chi connectivity index (χ3n) is 2.71. The summed E-state index contributed by atoms with van der Waals surface area (Å²) in [5.74, 6) is 2.28. The van der Waals surface area contributed by atoms with Crippen LogP contribution >= 0.6 is 24.0 Å². The number of nitrogens with two attached hydrogens (primary N) is 1. The van der Waals surface area contributed by atoms with Gasteiger partial charge < -0.3 is 10.5 Å². The van der Waals surface area contributed by atoms with Gasteiger partial charge in [0, 0.05) is 18.0 Å². The maximum atomic E-state index is 5.93. The molecule has 1 aromatic carbocycles. The highest BCUT2D eigenvalue weighted by molar-refractivity contribution is 7.99. The van der Waals surface area contributed by atoms with E-state index >= 15 is 0 Å². The van der Waals surface area contributed by atoms with Gasteiger partial charge in [0.1, 0.15) is 10.7 Å². The van der Waals surface area contributed by atoms with E-state index in [0.717, 1.165) is 21.9 Å². The predicted octanol–water partition coefficient (Wildman–Crippen LogP) is 3.27. The summed E-state index contributed by atoms with van der Waals surface area (Å²) in [6, 6.07) is 7.70. The van der Waals surface area contributed by atoms with Crippen molar-refractivity contribution < 1.29 is 4.74 Å². The molecule has 1 aromatic heterocycles. The monoisotopic (exact) mass is 307 g/mol. The molecule has 0 saturated heterocycles. The molecule has 4 nitrogen and oxygen atoms in total. The van der Waals surface area contributed by atoms with Crippen LogP contribution in [0.15, 0.2) is 29.2 Å². The smallest absolute Gasteiger partial charge is 0.217 e. The molecular weight excluding hydrogens is 290 g/mol. The van der Waals surface area contributed by atoms with Gasteiger partial charge in [0.25, 0.3) is 0 Å². The van der Waals surface area contributed by atoms with Crippen LogP contribution in [-0.4, -0.2) is 20.5 Å². The SMILES string of the molecule is CCSc1cccc(Oc2cc(C)nn2C)c1C(N)=S. The molecule has 0 unspecified atom stereocenters. The molecule has 6 heteroatoms. The fourth-order valence-corrected chi connectivity index (χ4v) is 3.03. The molecule has 0 bridgehead atoms. The van der Waals surface area contributed by atoms with E-state index in [0.29, 0.717) is 16.6 Å². The number of aryl methyl sites for hydroxylation is 2. The third kappa shape index (κ3) is 3.13. The summed E-state index contributed by atoms with van der Waals surface area (Å²) < 4.78 is 7.62. The van der Waals surface area contributed by atoms with Crippen LogP contribution in [0.3, 0.4) is 0 Å². The Morgan fingerprint density at radius 3 is 2.80 bits per heavy atom. The Kier molecular flexibility index (Phi) is 4.67. The molecule has 2 N–H and O–H groups in total. The van der Waals surface area contributed by atoms with Crippen molar-refractivity contribution in [2.75, 3.05) is 5.75 Å². The number of thiocarbonyl (C=S) groups is 1. The number of aromatic nitrogens is 2. The number of ether oxygens (including phenoxy) is 1. The summed E-state index contributed by atoms with van der Waals surface area (Å²) in [6.07, 6.45) is 0. The average molecular weight is 307 g/mol. The Morgan fingerprint density at radius 2 is 2.25 bits per heavy atom. The van der Waals surface area contributed by atoms with Crippen LogP contribution in [0.25, 0.3) is 0 Å². The summed E-state index contributed by atoms with van der Waals surface area (Å²) in [5, 5.41) is 4.26. The van der Waals surface area contributed by atoms with E-state index in [1.165, 1.54) is 0 Å². The molecule has 0 fully saturated rings. The Hall–Kier alpha value is -1.53. The first kappa shape index (κ1) is 14.9. The molecular formula is C14H17N3OS2. The first-order valence-electron chi connectivity index (χ1n) is 6.27. The van der Waals surface area contributed by atoms with E-state index in [1.54, 1.807) is 16.4 Å². The lowest BCUT2D eigenvalue weighted by atomic mass is 10.2. The van der Waals surface area contributed by atoms with E-state index in [9.17, 15) is 0 Å². The fraction of sp³-hybridized carbons (Fsp3) is 0.286. The number of rotatable bonds is 5. The summed E-state index contributed by atoms with van der Waals surface area (Å²) in [6.45, 7) is 4.01. The van der Waals surface area contributed by atoms with Crippen LogP contribution < -0.4 is 10.5 Å². The number of thioether (sulfide) groups is 1. The van der Waals surface area contributed by atoms with E-state index in [-0.39, 0.29) is 0 Å². The summed E-state index contributed by atoms with van der Waals surface area (Å²) >= 11 is 6.86. The lowest BCUT2D eigenvalue weighted by Crippen LogP contribution is -2.12. The normalized spacial score (nSPS) is 10.6. The van der Waals surface area contributed by atoms with Crippen molar-refractivity contribution in [3.8, 4) is 11.6 Å². The Labute approximate surface area is 128 Å². The molecule has 0 saturated carbocycles. The van der Waals surface area contributed by atoms with Crippen molar-refractivity contribution in [1.82, 2.24) is 9.78 Å². The predicted molar refractivity (Wildman–Crippen MR) is 86.7 cm³/mol. The summed E-state index contributed by atoms with van der Waals surface area (Å²) in [5.41, 5.74) is 7.54. The van der Waals surface area contributed by atoms with Gasteiger partial charge in [-0.25, -0.2) is 4.68 Å². The van der Waals surface area contributed by atoms with Crippen molar-refractivity contribution in [3.63, 3.8) is 0 Å². The zero-order valence-corrected chi connectivity index (χ0v) is 13.3. The fourth-order valence-electron chi connectivity index (χ4n) is 1.91. The molecule has 106 valence electrons. The Bertz CT molecular complexity index is 637. The summed E-state index contributed by atoms with van der Waals surface area (Å²) in [7, 11) is 1.84. The molecule has 0 aliphatic carbocycles. The van der Waals surface area contributed by atoms with Crippen LogP contribution in [0.1, 0.15) is 18.2 Å². The van der Waals surface area contributed by atoms with Crippen LogP contribution in [0, 0.1) is 6.92 Å². The first-order valence-corrected chi connectivity index (χ1v) is 7.66. The van der Waals surface area contributed by atoms with Crippen LogP contribution in [0.5, 0.6) is 11.6 Å². The standard InChI is InChI=1S/C14H17N3OS2/c1-4-20-11-7-5-6-10(13(11)14(15)19)18-12-8-9(2)16-17(12)3/h5-8H,4H2,1-3H3,(H2,15,19). The first-order chi connectivity index (χ1) is 9.52. The topological polar surface area (TPSA) is 53.1 Å². The van der Waals surface area contributed by atoms with Gasteiger partial charge in [-0.05, 0) is 24.8 Å². The molecule has 0 aliphatic rings. The van der Waals surface area contributed by atoms with E-state index in [2.05, 4.69) is 12.0 Å². The maximum Gasteiger partial charge on any atom is 0.217 e. The largest absolute Gasteiger partial charge is 0.439 e. The van der Waals surface area contributed by atoms with E-state index in [1.807, 2.05) is 38.2 Å². The molecule has 0 radical (unpaired) electrons. The lowest BCUT2D eigenvalue weighted by molar-refractivity contribution is 0.429. The molecule has 0 spiro atoms. The van der Waals surface area contributed by atoms with E-state index < -0.39 is 0 Å². The molecule has 0 atom stereocenters. The van der Waals surface area contributed by atoms with E-state index in [4.69, 9.17) is 22.7 Å². The van der Waals surface area contributed by atoms with Crippen LogP contribution in [0.4, 0.5) is 0 Å². The number of hydrogen-bond donors (Lipinski definition) is 1. The average Bonchev–Trinajstić information content (AvgIpc) is 2.68. The minimum absolute atomic E-state index is 0.343. The van der Waals surface area contributed by atoms with Crippen molar-refractivity contribution in [2.45, 2.75) is 18.7 Å². The summed E-state index contributed by atoms with van der Waals surface area (Å²) in [4.78, 5) is 1.38. The second-order valence-corrected chi connectivity index (χ2v) is 6.02. The number of hydrogen-bond acceptors (Lipinski definition) is 4. The minimum Gasteiger partial charge on any atom is -0.439 e. The number of nitrogens with zero attached hydrogens (tertiary/aromatic N) is 2. The van der Waals surface area contributed by atoms with Gasteiger partial charge in [0.05, 0.1) is 11.3 Å². The van der Waals surface area contributed by atoms with Crippen LogP contribution in [-0.2, 0) is 7.05 Å². The second-order valence-electron chi connectivity index (χ2n) is 4.28. The van der Waals surface area contributed by atoms with Gasteiger partial charge in [-0.2, -0.15) is 5.10 Å². The molecule has 2 aromatic rings. The lowest BCUT2D eigenvalue weighted by Gasteiger charge is -2.13.